The van der Waals surface area contributed by atoms with Gasteiger partial charge in [0.1, 0.15) is 0 Å². The third-order valence-electron chi connectivity index (χ3n) is 3.71. The molecular weight excluding hydrogens is 156 g/mol. The molecule has 0 heterocycles. The summed E-state index contributed by atoms with van der Waals surface area (Å²) in [6, 6.07) is 0. The molecule has 0 bridgehead atoms. The van der Waals surface area contributed by atoms with Crippen LogP contribution in [-0.4, -0.2) is 0 Å². The molecule has 0 saturated carbocycles. The number of hydrogen-bond donors (Lipinski definition) is 0. The van der Waals surface area contributed by atoms with E-state index in [0.717, 1.165) is 5.92 Å². The fraction of sp³-hybridized carbons (Fsp3) is 0.538. The van der Waals surface area contributed by atoms with Gasteiger partial charge in [0.15, 0.2) is 0 Å². The topological polar surface area (TPSA) is 0 Å². The Morgan fingerprint density at radius 3 is 3.31 bits per heavy atom. The Morgan fingerprint density at radius 2 is 2.31 bits per heavy atom. The van der Waals surface area contributed by atoms with E-state index in [2.05, 4.69) is 18.2 Å². The molecule has 3 rings (SSSR count). The highest BCUT2D eigenvalue weighted by Gasteiger charge is 2.26. The third-order valence-corrected chi connectivity index (χ3v) is 3.71. The van der Waals surface area contributed by atoms with Crippen LogP contribution in [0.4, 0.5) is 0 Å². The standard InChI is InChI=1S/C13H16/c1-2-5-11-9-13-7-3-6-12(13)8-10(11)4-1/h3-4,7,11H,1-2,5-6,8-9H2. The summed E-state index contributed by atoms with van der Waals surface area (Å²) in [4.78, 5) is 0. The van der Waals surface area contributed by atoms with Gasteiger partial charge in [-0.15, -0.1) is 0 Å². The second-order valence-corrected chi connectivity index (χ2v) is 4.52. The predicted octanol–water partition coefficient (Wildman–Crippen LogP) is 3.76. The molecule has 0 radical (unpaired) electrons. The third kappa shape index (κ3) is 1.20. The van der Waals surface area contributed by atoms with Gasteiger partial charge in [-0.05, 0) is 50.0 Å². The van der Waals surface area contributed by atoms with Crippen LogP contribution >= 0.6 is 0 Å². The molecular formula is C13H16. The second kappa shape index (κ2) is 2.87. The predicted molar refractivity (Wildman–Crippen MR) is 55.4 cm³/mol. The average molecular weight is 172 g/mol. The Kier molecular flexibility index (Phi) is 1.68. The van der Waals surface area contributed by atoms with Crippen LogP contribution in [-0.2, 0) is 0 Å². The van der Waals surface area contributed by atoms with Crippen molar-refractivity contribution >= 4 is 0 Å². The molecule has 0 spiro atoms. The zero-order valence-electron chi connectivity index (χ0n) is 8.05. The van der Waals surface area contributed by atoms with Crippen LogP contribution in [0.5, 0.6) is 0 Å². The van der Waals surface area contributed by atoms with Crippen LogP contribution < -0.4 is 0 Å². The first-order chi connectivity index (χ1) is 6.43. The van der Waals surface area contributed by atoms with Crippen molar-refractivity contribution < 1.29 is 0 Å². The maximum Gasteiger partial charge on any atom is -0.00966 e. The van der Waals surface area contributed by atoms with Crippen molar-refractivity contribution in [2.45, 2.75) is 38.5 Å². The van der Waals surface area contributed by atoms with Crippen LogP contribution in [0.15, 0.2) is 34.9 Å². The number of fused-ring (bicyclic) bond motifs is 1. The molecule has 1 atom stereocenters. The lowest BCUT2D eigenvalue weighted by Gasteiger charge is -2.30. The van der Waals surface area contributed by atoms with Crippen LogP contribution in [0, 0.1) is 5.92 Å². The zero-order chi connectivity index (χ0) is 8.67. The van der Waals surface area contributed by atoms with Gasteiger partial charge in [0.05, 0.1) is 0 Å². The molecule has 0 aliphatic heterocycles. The lowest BCUT2D eigenvalue weighted by atomic mass is 9.75. The zero-order valence-corrected chi connectivity index (χ0v) is 8.05. The summed E-state index contributed by atoms with van der Waals surface area (Å²) in [5, 5.41) is 0. The summed E-state index contributed by atoms with van der Waals surface area (Å²) in [7, 11) is 0. The number of allylic oxidation sites excluding steroid dienone is 6. The smallest absolute Gasteiger partial charge is 0.00966 e. The van der Waals surface area contributed by atoms with Crippen LogP contribution in [0.2, 0.25) is 0 Å². The average Bonchev–Trinajstić information content (AvgIpc) is 2.61. The number of hydrogen-bond acceptors (Lipinski definition) is 0. The Morgan fingerprint density at radius 1 is 1.31 bits per heavy atom. The van der Waals surface area contributed by atoms with E-state index in [9.17, 15) is 0 Å². The highest BCUT2D eigenvalue weighted by molar-refractivity contribution is 5.41. The van der Waals surface area contributed by atoms with Crippen molar-refractivity contribution in [1.82, 2.24) is 0 Å². The van der Waals surface area contributed by atoms with Crippen molar-refractivity contribution in [3.63, 3.8) is 0 Å². The molecule has 0 N–H and O–H groups in total. The SMILES string of the molecule is C1=CC2=C(C1)CC1=CCCCC1C2. The number of rotatable bonds is 0. The minimum absolute atomic E-state index is 0.912. The van der Waals surface area contributed by atoms with Crippen molar-refractivity contribution in [2.24, 2.45) is 5.92 Å². The normalized spacial score (nSPS) is 31.4. The summed E-state index contributed by atoms with van der Waals surface area (Å²) in [5.74, 6) is 0.912. The van der Waals surface area contributed by atoms with Gasteiger partial charge in [0.2, 0.25) is 0 Å². The van der Waals surface area contributed by atoms with Gasteiger partial charge < -0.3 is 0 Å². The first kappa shape index (κ1) is 7.61. The fourth-order valence-corrected chi connectivity index (χ4v) is 2.96. The Labute approximate surface area is 80.0 Å². The van der Waals surface area contributed by atoms with E-state index < -0.39 is 0 Å². The molecule has 0 nitrogen and oxygen atoms in total. The molecule has 0 aromatic heterocycles. The molecule has 3 aliphatic carbocycles. The molecule has 0 fully saturated rings. The lowest BCUT2D eigenvalue weighted by Crippen LogP contribution is -2.14. The highest BCUT2D eigenvalue weighted by Crippen LogP contribution is 2.42. The Balaban J connectivity index is 1.92. The minimum atomic E-state index is 0.912. The van der Waals surface area contributed by atoms with E-state index in [1.165, 1.54) is 38.5 Å². The molecule has 68 valence electrons. The molecule has 3 aliphatic rings. The molecule has 0 heteroatoms. The summed E-state index contributed by atoms with van der Waals surface area (Å²) in [6.45, 7) is 0. The fourth-order valence-electron chi connectivity index (χ4n) is 2.96. The van der Waals surface area contributed by atoms with E-state index in [4.69, 9.17) is 0 Å². The molecule has 0 aromatic rings. The summed E-state index contributed by atoms with van der Waals surface area (Å²) < 4.78 is 0. The Hall–Kier alpha value is -0.780. The van der Waals surface area contributed by atoms with Gasteiger partial charge in [0.25, 0.3) is 0 Å². The largest absolute Gasteiger partial charge is 0.0847 e. The van der Waals surface area contributed by atoms with Crippen LogP contribution in [0.3, 0.4) is 0 Å². The first-order valence-electron chi connectivity index (χ1n) is 5.50. The molecule has 0 amide bonds. The second-order valence-electron chi connectivity index (χ2n) is 4.52. The quantitative estimate of drug-likeness (QED) is 0.488. The van der Waals surface area contributed by atoms with Gasteiger partial charge >= 0.3 is 0 Å². The van der Waals surface area contributed by atoms with Crippen molar-refractivity contribution in [2.75, 3.05) is 0 Å². The molecule has 0 aromatic carbocycles. The van der Waals surface area contributed by atoms with E-state index in [0.29, 0.717) is 0 Å². The van der Waals surface area contributed by atoms with Crippen LogP contribution in [0.25, 0.3) is 0 Å². The molecule has 13 heavy (non-hydrogen) atoms. The molecule has 0 saturated heterocycles. The summed E-state index contributed by atoms with van der Waals surface area (Å²) in [5.41, 5.74) is 5.14. The van der Waals surface area contributed by atoms with Crippen LogP contribution in [0.1, 0.15) is 38.5 Å². The summed E-state index contributed by atoms with van der Waals surface area (Å²) >= 11 is 0. The van der Waals surface area contributed by atoms with E-state index in [1.54, 1.807) is 16.7 Å². The van der Waals surface area contributed by atoms with E-state index >= 15 is 0 Å². The Bertz CT molecular complexity index is 315. The first-order valence-corrected chi connectivity index (χ1v) is 5.50. The van der Waals surface area contributed by atoms with Gasteiger partial charge in [-0.1, -0.05) is 29.4 Å². The van der Waals surface area contributed by atoms with E-state index in [-0.39, 0.29) is 0 Å². The highest BCUT2D eigenvalue weighted by atomic mass is 14.3. The lowest BCUT2D eigenvalue weighted by molar-refractivity contribution is 0.484. The summed E-state index contributed by atoms with van der Waals surface area (Å²) in [6.07, 6.45) is 15.3. The minimum Gasteiger partial charge on any atom is -0.0847 e. The monoisotopic (exact) mass is 172 g/mol. The van der Waals surface area contributed by atoms with Crippen molar-refractivity contribution in [1.29, 1.82) is 0 Å². The van der Waals surface area contributed by atoms with Crippen molar-refractivity contribution in [3.8, 4) is 0 Å². The molecule has 1 unspecified atom stereocenters. The van der Waals surface area contributed by atoms with Gasteiger partial charge in [0, 0.05) is 0 Å². The maximum atomic E-state index is 2.51. The van der Waals surface area contributed by atoms with Gasteiger partial charge in [-0.2, -0.15) is 0 Å². The maximum absolute atomic E-state index is 2.51. The van der Waals surface area contributed by atoms with Gasteiger partial charge in [-0.25, -0.2) is 0 Å². The van der Waals surface area contributed by atoms with Gasteiger partial charge in [-0.3, -0.25) is 0 Å². The van der Waals surface area contributed by atoms with Crippen molar-refractivity contribution in [3.05, 3.63) is 34.9 Å². The van der Waals surface area contributed by atoms with E-state index in [1.807, 2.05) is 0 Å².